The Kier molecular flexibility index (Phi) is 15.7. The van der Waals surface area contributed by atoms with Crippen LogP contribution in [0.4, 0.5) is 0 Å². The quantitative estimate of drug-likeness (QED) is 0.249. The first-order chi connectivity index (χ1) is 12.9. The molecule has 0 spiro atoms. The standard InChI is InChI=1S/C22H38O4S.Na/c1-4-7-9-11-14-19-16-17-20(15-12-10-8-5-2)21(18-19)26-22(13-6-3)27(23,24)25;/h16-18,22H,4-15H2,1-3H3,(H,23,24,25);/q;+1/p-1. The molecule has 1 aromatic carbocycles. The summed E-state index contributed by atoms with van der Waals surface area (Å²) in [7, 11) is -4.48. The van der Waals surface area contributed by atoms with E-state index >= 15 is 0 Å². The summed E-state index contributed by atoms with van der Waals surface area (Å²) in [4.78, 5) is 0. The van der Waals surface area contributed by atoms with E-state index in [-0.39, 0.29) is 36.0 Å². The first-order valence-corrected chi connectivity index (χ1v) is 12.1. The van der Waals surface area contributed by atoms with Gasteiger partial charge in [-0.1, -0.05) is 77.8 Å². The predicted octanol–water partition coefficient (Wildman–Crippen LogP) is 2.99. The number of rotatable bonds is 15. The van der Waals surface area contributed by atoms with Crippen LogP contribution in [-0.2, 0) is 23.0 Å². The van der Waals surface area contributed by atoms with Crippen molar-refractivity contribution in [3.63, 3.8) is 0 Å². The summed E-state index contributed by atoms with van der Waals surface area (Å²) in [5.41, 5.74) is 0.859. The van der Waals surface area contributed by atoms with Crippen LogP contribution < -0.4 is 34.3 Å². The molecule has 0 N–H and O–H groups in total. The van der Waals surface area contributed by atoms with E-state index in [2.05, 4.69) is 26.0 Å². The van der Waals surface area contributed by atoms with Crippen LogP contribution >= 0.6 is 0 Å². The van der Waals surface area contributed by atoms with Gasteiger partial charge in [0, 0.05) is 0 Å². The van der Waals surface area contributed by atoms with E-state index in [4.69, 9.17) is 4.74 Å². The van der Waals surface area contributed by atoms with Gasteiger partial charge in [0.05, 0.1) is 0 Å². The van der Waals surface area contributed by atoms with Crippen molar-refractivity contribution >= 4 is 10.1 Å². The van der Waals surface area contributed by atoms with Crippen LogP contribution in [0.1, 0.15) is 96.1 Å². The molecule has 0 heterocycles. The molecular formula is C22H37NaO4S. The fourth-order valence-electron chi connectivity index (χ4n) is 3.21. The van der Waals surface area contributed by atoms with Crippen molar-refractivity contribution in [1.82, 2.24) is 0 Å². The predicted molar refractivity (Wildman–Crippen MR) is 111 cm³/mol. The van der Waals surface area contributed by atoms with Crippen molar-refractivity contribution in [2.24, 2.45) is 0 Å². The Balaban J connectivity index is 0.00000729. The molecule has 6 heteroatoms. The maximum atomic E-state index is 11.6. The van der Waals surface area contributed by atoms with Gasteiger partial charge < -0.3 is 9.29 Å². The fraction of sp³-hybridized carbons (Fsp3) is 0.727. The van der Waals surface area contributed by atoms with Crippen LogP contribution in [-0.4, -0.2) is 18.4 Å². The van der Waals surface area contributed by atoms with Crippen molar-refractivity contribution in [1.29, 1.82) is 0 Å². The molecule has 0 radical (unpaired) electrons. The van der Waals surface area contributed by atoms with Gasteiger partial charge >= 0.3 is 29.6 Å². The third kappa shape index (κ3) is 11.2. The summed E-state index contributed by atoms with van der Waals surface area (Å²) < 4.78 is 40.5. The van der Waals surface area contributed by atoms with E-state index in [0.717, 1.165) is 43.2 Å². The molecule has 0 aliphatic carbocycles. The summed E-state index contributed by atoms with van der Waals surface area (Å²) in [6.45, 7) is 6.23. The van der Waals surface area contributed by atoms with Crippen molar-refractivity contribution in [3.8, 4) is 5.75 Å². The maximum absolute atomic E-state index is 11.6. The first kappa shape index (κ1) is 27.9. The van der Waals surface area contributed by atoms with Crippen molar-refractivity contribution in [3.05, 3.63) is 29.3 Å². The molecule has 156 valence electrons. The Morgan fingerprint density at radius 2 is 1.50 bits per heavy atom. The molecule has 0 fully saturated rings. The largest absolute Gasteiger partial charge is 1.00 e. The van der Waals surface area contributed by atoms with Crippen LogP contribution in [0, 0.1) is 0 Å². The van der Waals surface area contributed by atoms with Crippen LogP contribution in [0.5, 0.6) is 5.75 Å². The Hall–Kier alpha value is -0.0700. The average molecular weight is 421 g/mol. The van der Waals surface area contributed by atoms with E-state index < -0.39 is 15.6 Å². The number of unbranched alkanes of at least 4 members (excludes halogenated alkanes) is 6. The molecule has 1 atom stereocenters. The molecule has 0 saturated carbocycles. The van der Waals surface area contributed by atoms with Gasteiger partial charge in [-0.15, -0.1) is 0 Å². The third-order valence-electron chi connectivity index (χ3n) is 4.86. The van der Waals surface area contributed by atoms with E-state index in [9.17, 15) is 13.0 Å². The smallest absolute Gasteiger partial charge is 0.745 e. The normalized spacial score (nSPS) is 12.4. The third-order valence-corrected chi connectivity index (χ3v) is 5.83. The maximum Gasteiger partial charge on any atom is 1.00 e. The number of ether oxygens (including phenoxy) is 1. The van der Waals surface area contributed by atoms with Crippen LogP contribution in [0.25, 0.3) is 0 Å². The summed E-state index contributed by atoms with van der Waals surface area (Å²) in [6.07, 6.45) is 11.9. The van der Waals surface area contributed by atoms with Gasteiger partial charge in [0.2, 0.25) is 0 Å². The zero-order valence-electron chi connectivity index (χ0n) is 18.3. The Morgan fingerprint density at radius 3 is 2.04 bits per heavy atom. The molecule has 0 saturated heterocycles. The van der Waals surface area contributed by atoms with Crippen LogP contribution in [0.3, 0.4) is 0 Å². The number of hydrogen-bond acceptors (Lipinski definition) is 4. The number of hydrogen-bond donors (Lipinski definition) is 0. The van der Waals surface area contributed by atoms with E-state index in [1.54, 1.807) is 0 Å². The zero-order chi connectivity index (χ0) is 20.1. The van der Waals surface area contributed by atoms with Crippen LogP contribution in [0.2, 0.25) is 0 Å². The summed E-state index contributed by atoms with van der Waals surface area (Å²) in [6, 6.07) is 6.13. The second-order valence-electron chi connectivity index (χ2n) is 7.39. The molecule has 4 nitrogen and oxygen atoms in total. The molecule has 0 aliphatic heterocycles. The summed E-state index contributed by atoms with van der Waals surface area (Å²) in [5, 5.41) is 0. The Labute approximate surface area is 194 Å². The molecule has 0 amide bonds. The topological polar surface area (TPSA) is 66.4 Å². The summed E-state index contributed by atoms with van der Waals surface area (Å²) in [5.74, 6) is 0.581. The molecule has 0 aliphatic rings. The van der Waals surface area contributed by atoms with Gasteiger partial charge in [-0.05, 0) is 49.3 Å². The SMILES string of the molecule is CCCCCCc1ccc(CCCCCC)c(OC(CCC)S(=O)(=O)[O-])c1.[Na+]. The minimum absolute atomic E-state index is 0. The van der Waals surface area contributed by atoms with Gasteiger partial charge in [0.15, 0.2) is 5.44 Å². The van der Waals surface area contributed by atoms with Gasteiger partial charge in [-0.2, -0.15) is 0 Å². The first-order valence-electron chi connectivity index (χ1n) is 10.7. The molecule has 28 heavy (non-hydrogen) atoms. The second-order valence-corrected chi connectivity index (χ2v) is 8.90. The fourth-order valence-corrected chi connectivity index (χ4v) is 3.95. The van der Waals surface area contributed by atoms with Gasteiger partial charge in [0.25, 0.3) is 0 Å². The molecule has 1 unspecified atom stereocenters. The molecular weight excluding hydrogens is 383 g/mol. The van der Waals surface area contributed by atoms with Crippen molar-refractivity contribution in [2.45, 2.75) is 103 Å². The van der Waals surface area contributed by atoms with E-state index in [1.165, 1.54) is 32.1 Å². The zero-order valence-corrected chi connectivity index (χ0v) is 21.2. The Bertz CT molecular complexity index is 631. The minimum atomic E-state index is -4.48. The molecule has 1 rings (SSSR count). The van der Waals surface area contributed by atoms with Crippen molar-refractivity contribution in [2.75, 3.05) is 0 Å². The average Bonchev–Trinajstić information content (AvgIpc) is 2.62. The molecule has 0 aromatic heterocycles. The summed E-state index contributed by atoms with van der Waals surface area (Å²) >= 11 is 0. The van der Waals surface area contributed by atoms with E-state index in [1.807, 2.05) is 13.0 Å². The minimum Gasteiger partial charge on any atom is -0.745 e. The van der Waals surface area contributed by atoms with Gasteiger partial charge in [-0.25, -0.2) is 8.42 Å². The number of aryl methyl sites for hydroxylation is 2. The second kappa shape index (κ2) is 15.7. The van der Waals surface area contributed by atoms with Crippen LogP contribution in [0.15, 0.2) is 18.2 Å². The van der Waals surface area contributed by atoms with Gasteiger partial charge in [0.1, 0.15) is 15.9 Å². The monoisotopic (exact) mass is 420 g/mol. The van der Waals surface area contributed by atoms with E-state index in [0.29, 0.717) is 12.2 Å². The van der Waals surface area contributed by atoms with Gasteiger partial charge in [-0.3, -0.25) is 0 Å². The van der Waals surface area contributed by atoms with Crippen molar-refractivity contribution < 1.29 is 47.3 Å². The molecule has 0 bridgehead atoms. The Morgan fingerprint density at radius 1 is 0.893 bits per heavy atom. The number of benzene rings is 1. The molecule has 1 aromatic rings.